The van der Waals surface area contributed by atoms with Crippen LogP contribution in [0.4, 0.5) is 4.79 Å². The molecule has 1 unspecified atom stereocenters. The standard InChI is InChI=1S/C23H27N3O6/c1-4-31-19-9-5-16(6-10-19)17-7-11-20(12-8-17)32-14-18(26(30)15-27)13-25-21(28)23(2,3)24-22(25)29/h5-12,15,18,30H,4,13-14H2,1-3H3,(H,24,29). The average molecular weight is 441 g/mol. The van der Waals surface area contributed by atoms with E-state index in [4.69, 9.17) is 9.47 Å². The number of nitrogens with one attached hydrogen (secondary N) is 1. The fourth-order valence-corrected chi connectivity index (χ4v) is 3.34. The summed E-state index contributed by atoms with van der Waals surface area (Å²) in [5, 5.41) is 12.9. The number of urea groups is 1. The normalized spacial score (nSPS) is 15.8. The second-order valence-corrected chi connectivity index (χ2v) is 7.90. The molecular weight excluding hydrogens is 414 g/mol. The van der Waals surface area contributed by atoms with E-state index in [-0.39, 0.29) is 19.6 Å². The number of nitrogens with zero attached hydrogens (tertiary/aromatic N) is 2. The zero-order chi connectivity index (χ0) is 23.3. The van der Waals surface area contributed by atoms with E-state index >= 15 is 0 Å². The van der Waals surface area contributed by atoms with E-state index in [1.54, 1.807) is 26.0 Å². The molecule has 0 aliphatic carbocycles. The minimum atomic E-state index is -1.04. The molecule has 9 heteroatoms. The third-order valence-electron chi connectivity index (χ3n) is 5.12. The van der Waals surface area contributed by atoms with Crippen molar-refractivity contribution in [2.45, 2.75) is 32.4 Å². The zero-order valence-corrected chi connectivity index (χ0v) is 18.3. The summed E-state index contributed by atoms with van der Waals surface area (Å²) in [5.74, 6) is 0.882. The third-order valence-corrected chi connectivity index (χ3v) is 5.12. The molecule has 170 valence electrons. The van der Waals surface area contributed by atoms with Crippen LogP contribution in [-0.4, -0.2) is 64.9 Å². The van der Waals surface area contributed by atoms with Crippen LogP contribution in [0.15, 0.2) is 48.5 Å². The second kappa shape index (κ2) is 9.69. The number of carbonyl (C=O) groups is 3. The molecule has 1 aliphatic heterocycles. The summed E-state index contributed by atoms with van der Waals surface area (Å²) in [6.45, 7) is 5.39. The van der Waals surface area contributed by atoms with Crippen LogP contribution in [-0.2, 0) is 9.59 Å². The molecule has 0 spiro atoms. The Kier molecular flexibility index (Phi) is 6.99. The number of ether oxygens (including phenoxy) is 2. The first-order valence-electron chi connectivity index (χ1n) is 10.3. The number of benzene rings is 2. The highest BCUT2D eigenvalue weighted by Crippen LogP contribution is 2.25. The van der Waals surface area contributed by atoms with Gasteiger partial charge in [-0.25, -0.2) is 9.86 Å². The quantitative estimate of drug-likeness (QED) is 0.254. The highest BCUT2D eigenvalue weighted by atomic mass is 16.5. The monoisotopic (exact) mass is 441 g/mol. The lowest BCUT2D eigenvalue weighted by Gasteiger charge is -2.26. The predicted octanol–water partition coefficient (Wildman–Crippen LogP) is 2.68. The van der Waals surface area contributed by atoms with Gasteiger partial charge < -0.3 is 14.8 Å². The van der Waals surface area contributed by atoms with Gasteiger partial charge in [-0.2, -0.15) is 0 Å². The summed E-state index contributed by atoms with van der Waals surface area (Å²) in [6, 6.07) is 13.5. The van der Waals surface area contributed by atoms with E-state index in [0.29, 0.717) is 17.4 Å². The van der Waals surface area contributed by atoms with Crippen LogP contribution in [0.3, 0.4) is 0 Å². The van der Waals surface area contributed by atoms with Gasteiger partial charge in [0, 0.05) is 0 Å². The van der Waals surface area contributed by atoms with Crippen molar-refractivity contribution in [3.8, 4) is 22.6 Å². The molecule has 3 rings (SSSR count). The second-order valence-electron chi connectivity index (χ2n) is 7.90. The van der Waals surface area contributed by atoms with Crippen molar-refractivity contribution in [2.24, 2.45) is 0 Å². The van der Waals surface area contributed by atoms with Crippen molar-refractivity contribution < 1.29 is 29.1 Å². The summed E-state index contributed by atoms with van der Waals surface area (Å²) in [5.41, 5.74) is 0.956. The maximum atomic E-state index is 12.4. The van der Waals surface area contributed by atoms with Crippen LogP contribution >= 0.6 is 0 Å². The van der Waals surface area contributed by atoms with Crippen molar-refractivity contribution in [2.75, 3.05) is 19.8 Å². The van der Waals surface area contributed by atoms with Crippen LogP contribution in [0, 0.1) is 0 Å². The molecule has 1 aliphatic rings. The molecule has 0 radical (unpaired) electrons. The maximum absolute atomic E-state index is 12.4. The Labute approximate surface area is 186 Å². The van der Waals surface area contributed by atoms with Crippen molar-refractivity contribution in [3.63, 3.8) is 0 Å². The summed E-state index contributed by atoms with van der Waals surface area (Å²) >= 11 is 0. The Hall–Kier alpha value is -3.59. The number of amides is 4. The summed E-state index contributed by atoms with van der Waals surface area (Å²) in [6.07, 6.45) is 0.215. The molecule has 1 atom stereocenters. The van der Waals surface area contributed by atoms with E-state index in [1.807, 2.05) is 43.3 Å². The fraction of sp³-hybridized carbons (Fsp3) is 0.348. The zero-order valence-electron chi connectivity index (χ0n) is 18.3. The van der Waals surface area contributed by atoms with E-state index in [9.17, 15) is 19.6 Å². The van der Waals surface area contributed by atoms with Gasteiger partial charge in [0.15, 0.2) is 0 Å². The molecule has 1 fully saturated rings. The molecule has 0 saturated carbocycles. The molecule has 1 saturated heterocycles. The van der Waals surface area contributed by atoms with Gasteiger partial charge in [0.2, 0.25) is 6.41 Å². The van der Waals surface area contributed by atoms with Gasteiger partial charge in [0.05, 0.1) is 13.2 Å². The number of hydrogen-bond acceptors (Lipinski definition) is 6. The summed E-state index contributed by atoms with van der Waals surface area (Å²) in [7, 11) is 0. The lowest BCUT2D eigenvalue weighted by atomic mass is 10.1. The Bertz CT molecular complexity index is 959. The van der Waals surface area contributed by atoms with Gasteiger partial charge in [0.1, 0.15) is 29.7 Å². The molecular formula is C23H27N3O6. The fourth-order valence-electron chi connectivity index (χ4n) is 3.34. The van der Waals surface area contributed by atoms with Crippen LogP contribution in [0.1, 0.15) is 20.8 Å². The molecule has 0 bridgehead atoms. The smallest absolute Gasteiger partial charge is 0.325 e. The average Bonchev–Trinajstić information content (AvgIpc) is 2.98. The Morgan fingerprint density at radius 1 is 1.03 bits per heavy atom. The van der Waals surface area contributed by atoms with E-state index in [1.165, 1.54) is 0 Å². The van der Waals surface area contributed by atoms with Crippen molar-refractivity contribution >= 4 is 18.3 Å². The van der Waals surface area contributed by atoms with Crippen molar-refractivity contribution in [3.05, 3.63) is 48.5 Å². The Morgan fingerprint density at radius 2 is 1.56 bits per heavy atom. The van der Waals surface area contributed by atoms with Gasteiger partial charge in [-0.15, -0.1) is 0 Å². The van der Waals surface area contributed by atoms with Crippen LogP contribution < -0.4 is 14.8 Å². The number of imide groups is 1. The van der Waals surface area contributed by atoms with Gasteiger partial charge >= 0.3 is 6.03 Å². The van der Waals surface area contributed by atoms with E-state index < -0.39 is 23.5 Å². The molecule has 9 nitrogen and oxygen atoms in total. The lowest BCUT2D eigenvalue weighted by Crippen LogP contribution is -2.48. The molecule has 32 heavy (non-hydrogen) atoms. The Morgan fingerprint density at radius 3 is 2.00 bits per heavy atom. The summed E-state index contributed by atoms with van der Waals surface area (Å²) in [4.78, 5) is 36.6. The minimum absolute atomic E-state index is 0.116. The first-order chi connectivity index (χ1) is 15.2. The highest BCUT2D eigenvalue weighted by molar-refractivity contribution is 6.06. The molecule has 0 aromatic heterocycles. The van der Waals surface area contributed by atoms with Gasteiger partial charge in [0.25, 0.3) is 5.91 Å². The predicted molar refractivity (Wildman–Crippen MR) is 116 cm³/mol. The number of carbonyl (C=O) groups excluding carboxylic acids is 3. The summed E-state index contributed by atoms with van der Waals surface area (Å²) < 4.78 is 11.2. The van der Waals surface area contributed by atoms with Crippen LogP contribution in [0.5, 0.6) is 11.5 Å². The number of hydrogen-bond donors (Lipinski definition) is 2. The van der Waals surface area contributed by atoms with Gasteiger partial charge in [-0.3, -0.25) is 19.7 Å². The number of rotatable bonds is 10. The lowest BCUT2D eigenvalue weighted by molar-refractivity contribution is -0.165. The van der Waals surface area contributed by atoms with Gasteiger partial charge in [-0.1, -0.05) is 24.3 Å². The molecule has 2 aromatic rings. The van der Waals surface area contributed by atoms with Crippen LogP contribution in [0.25, 0.3) is 11.1 Å². The Balaban J connectivity index is 1.64. The third kappa shape index (κ3) is 5.17. The van der Waals surface area contributed by atoms with Crippen molar-refractivity contribution in [1.82, 2.24) is 15.3 Å². The molecule has 2 N–H and O–H groups in total. The first kappa shape index (κ1) is 23.1. The molecule has 1 heterocycles. The number of hydroxylamine groups is 2. The highest BCUT2D eigenvalue weighted by Gasteiger charge is 2.45. The molecule has 2 aromatic carbocycles. The van der Waals surface area contributed by atoms with Gasteiger partial charge in [-0.05, 0) is 56.2 Å². The first-order valence-corrected chi connectivity index (χ1v) is 10.3. The van der Waals surface area contributed by atoms with E-state index in [2.05, 4.69) is 5.32 Å². The van der Waals surface area contributed by atoms with Crippen molar-refractivity contribution in [1.29, 1.82) is 0 Å². The maximum Gasteiger partial charge on any atom is 0.325 e. The van der Waals surface area contributed by atoms with Crippen LogP contribution in [0.2, 0.25) is 0 Å². The SMILES string of the molecule is CCOc1ccc(-c2ccc(OCC(CN3C(=O)NC(C)(C)C3=O)N(O)C=O)cc2)cc1. The topological polar surface area (TPSA) is 108 Å². The molecule has 4 amide bonds. The van der Waals surface area contributed by atoms with E-state index in [0.717, 1.165) is 21.8 Å². The largest absolute Gasteiger partial charge is 0.494 e. The minimum Gasteiger partial charge on any atom is -0.494 e.